The summed E-state index contributed by atoms with van der Waals surface area (Å²) in [6.45, 7) is 4.30. The number of imide groups is 2. The van der Waals surface area contributed by atoms with Gasteiger partial charge in [-0.3, -0.25) is 14.9 Å². The number of methoxy groups -OCH3 is 2. The number of carbonyl (C=O) groups excluding carboxylic acids is 4. The van der Waals surface area contributed by atoms with Gasteiger partial charge in [-0.25, -0.2) is 14.5 Å². The minimum atomic E-state index is -0.918. The Hall–Kier alpha value is -4.63. The lowest BCUT2D eigenvalue weighted by molar-refractivity contribution is -0.122. The zero-order valence-corrected chi connectivity index (χ0v) is 22.4. The number of ether oxygens (including phenoxy) is 3. The summed E-state index contributed by atoms with van der Waals surface area (Å²) in [6, 6.07) is 13.8. The molecule has 1 saturated heterocycles. The molecule has 200 valence electrons. The van der Waals surface area contributed by atoms with Crippen molar-refractivity contribution in [3.8, 4) is 11.5 Å². The first-order valence-electron chi connectivity index (χ1n) is 11.8. The topological polar surface area (TPSA) is 111 Å². The second-order valence-corrected chi connectivity index (χ2v) is 9.14. The van der Waals surface area contributed by atoms with Crippen molar-refractivity contribution in [2.75, 3.05) is 19.1 Å². The summed E-state index contributed by atoms with van der Waals surface area (Å²) in [4.78, 5) is 50.9. The van der Waals surface area contributed by atoms with Crippen molar-refractivity contribution in [3.63, 3.8) is 0 Å². The minimum absolute atomic E-state index is 0.161. The van der Waals surface area contributed by atoms with Crippen LogP contribution in [0.15, 0.2) is 60.2 Å². The molecule has 0 aromatic heterocycles. The Morgan fingerprint density at radius 3 is 2.33 bits per heavy atom. The molecule has 0 saturated carbocycles. The van der Waals surface area contributed by atoms with Crippen LogP contribution in [0.5, 0.6) is 11.5 Å². The maximum atomic E-state index is 13.2. The first-order valence-corrected chi connectivity index (χ1v) is 12.2. The van der Waals surface area contributed by atoms with E-state index < -0.39 is 23.8 Å². The smallest absolute Gasteiger partial charge is 0.337 e. The van der Waals surface area contributed by atoms with Crippen molar-refractivity contribution in [1.29, 1.82) is 0 Å². The van der Waals surface area contributed by atoms with Crippen LogP contribution in [-0.2, 0) is 20.9 Å². The molecule has 1 heterocycles. The highest BCUT2D eigenvalue weighted by Gasteiger charge is 2.37. The van der Waals surface area contributed by atoms with Gasteiger partial charge in [-0.1, -0.05) is 29.8 Å². The number of hydrogen-bond donors (Lipinski definition) is 1. The van der Waals surface area contributed by atoms with Crippen LogP contribution in [-0.4, -0.2) is 38.0 Å². The molecule has 1 aliphatic heterocycles. The van der Waals surface area contributed by atoms with E-state index in [1.807, 2.05) is 32.0 Å². The number of rotatable bonds is 7. The monoisotopic (exact) mass is 548 g/mol. The lowest BCUT2D eigenvalue weighted by Gasteiger charge is -2.26. The van der Waals surface area contributed by atoms with Crippen molar-refractivity contribution >= 4 is 47.2 Å². The average molecular weight is 549 g/mol. The molecule has 39 heavy (non-hydrogen) atoms. The Balaban J connectivity index is 1.61. The third-order valence-corrected chi connectivity index (χ3v) is 6.45. The number of anilines is 1. The molecule has 9 nitrogen and oxygen atoms in total. The van der Waals surface area contributed by atoms with Gasteiger partial charge in [0.1, 0.15) is 12.2 Å². The summed E-state index contributed by atoms with van der Waals surface area (Å²) < 4.78 is 16.1. The summed E-state index contributed by atoms with van der Waals surface area (Å²) in [6.07, 6.45) is 1.31. The standard InChI is InChI=1S/C29H25ClN2O7/c1-16-5-6-18(11-17(16)2)15-39-25-23(30)13-19(14-24(25)37-3)12-22-26(33)31-29(36)32(27(22)34)21-9-7-20(8-10-21)28(35)38-4/h5-14H,15H2,1-4H3,(H,31,33,36)/b22-12+. The quantitative estimate of drug-likeness (QED) is 0.251. The number of nitrogens with one attached hydrogen (secondary N) is 1. The molecule has 0 atom stereocenters. The Morgan fingerprint density at radius 2 is 1.69 bits per heavy atom. The molecule has 1 fully saturated rings. The van der Waals surface area contributed by atoms with Crippen LogP contribution < -0.4 is 19.7 Å². The van der Waals surface area contributed by atoms with Gasteiger partial charge in [0, 0.05) is 0 Å². The average Bonchev–Trinajstić information content (AvgIpc) is 2.91. The number of esters is 1. The van der Waals surface area contributed by atoms with Crippen molar-refractivity contribution in [1.82, 2.24) is 5.32 Å². The van der Waals surface area contributed by atoms with Crippen LogP contribution in [0.2, 0.25) is 5.02 Å². The molecule has 3 aromatic rings. The largest absolute Gasteiger partial charge is 0.493 e. The van der Waals surface area contributed by atoms with Crippen LogP contribution >= 0.6 is 11.6 Å². The van der Waals surface area contributed by atoms with Crippen molar-refractivity contribution in [2.45, 2.75) is 20.5 Å². The zero-order valence-electron chi connectivity index (χ0n) is 21.7. The third-order valence-electron chi connectivity index (χ3n) is 6.17. The van der Waals surface area contributed by atoms with E-state index in [9.17, 15) is 19.2 Å². The second kappa shape index (κ2) is 11.4. The van der Waals surface area contributed by atoms with E-state index in [0.29, 0.717) is 17.1 Å². The Kier molecular flexibility index (Phi) is 8.01. The number of amides is 4. The fourth-order valence-electron chi connectivity index (χ4n) is 3.94. The van der Waals surface area contributed by atoms with Gasteiger partial charge in [0.2, 0.25) is 0 Å². The highest BCUT2D eigenvalue weighted by atomic mass is 35.5. The summed E-state index contributed by atoms with van der Waals surface area (Å²) in [5.74, 6) is -1.68. The van der Waals surface area contributed by atoms with E-state index >= 15 is 0 Å². The van der Waals surface area contributed by atoms with Crippen LogP contribution in [0, 0.1) is 13.8 Å². The summed E-state index contributed by atoms with van der Waals surface area (Å²) >= 11 is 6.50. The maximum absolute atomic E-state index is 13.2. The first kappa shape index (κ1) is 27.4. The fraction of sp³-hybridized carbons (Fsp3) is 0.172. The SMILES string of the molecule is COC(=O)c1ccc(N2C(=O)NC(=O)/C(=C\c3cc(Cl)c(OCc4ccc(C)c(C)c4)c(OC)c3)C2=O)cc1. The number of hydrogen-bond acceptors (Lipinski definition) is 7. The second-order valence-electron chi connectivity index (χ2n) is 8.74. The molecule has 10 heteroatoms. The normalized spacial score (nSPS) is 14.3. The molecule has 4 amide bonds. The van der Waals surface area contributed by atoms with Gasteiger partial charge in [-0.05, 0) is 78.6 Å². The molecule has 0 spiro atoms. The van der Waals surface area contributed by atoms with Crippen LogP contribution in [0.4, 0.5) is 10.5 Å². The van der Waals surface area contributed by atoms with Crippen LogP contribution in [0.25, 0.3) is 6.08 Å². The van der Waals surface area contributed by atoms with E-state index in [2.05, 4.69) is 10.1 Å². The number of aryl methyl sites for hydroxylation is 2. The van der Waals surface area contributed by atoms with Gasteiger partial charge in [-0.15, -0.1) is 0 Å². The fourth-order valence-corrected chi connectivity index (χ4v) is 4.21. The summed E-state index contributed by atoms with van der Waals surface area (Å²) in [5.41, 5.74) is 3.74. The Bertz CT molecular complexity index is 1510. The first-order chi connectivity index (χ1) is 18.6. The van der Waals surface area contributed by atoms with E-state index in [-0.39, 0.29) is 28.5 Å². The number of barbiturate groups is 1. The molecule has 1 N–H and O–H groups in total. The molecule has 1 aliphatic rings. The van der Waals surface area contributed by atoms with Gasteiger partial charge < -0.3 is 14.2 Å². The van der Waals surface area contributed by atoms with Gasteiger partial charge in [0.15, 0.2) is 11.5 Å². The molecule has 0 radical (unpaired) electrons. The number of urea groups is 1. The Morgan fingerprint density at radius 1 is 0.974 bits per heavy atom. The molecular formula is C29H25ClN2O7. The minimum Gasteiger partial charge on any atom is -0.493 e. The van der Waals surface area contributed by atoms with Crippen molar-refractivity contribution in [3.05, 3.63) is 93.0 Å². The van der Waals surface area contributed by atoms with E-state index in [1.165, 1.54) is 56.2 Å². The number of benzene rings is 3. The highest BCUT2D eigenvalue weighted by molar-refractivity contribution is 6.39. The zero-order chi connectivity index (χ0) is 28.3. The van der Waals surface area contributed by atoms with Crippen LogP contribution in [0.3, 0.4) is 0 Å². The molecule has 0 bridgehead atoms. The van der Waals surface area contributed by atoms with Crippen molar-refractivity contribution < 1.29 is 33.4 Å². The lowest BCUT2D eigenvalue weighted by Crippen LogP contribution is -2.54. The maximum Gasteiger partial charge on any atom is 0.337 e. The summed E-state index contributed by atoms with van der Waals surface area (Å²) in [7, 11) is 2.69. The lowest BCUT2D eigenvalue weighted by atomic mass is 10.1. The summed E-state index contributed by atoms with van der Waals surface area (Å²) in [5, 5.41) is 2.37. The highest BCUT2D eigenvalue weighted by Crippen LogP contribution is 2.38. The number of halogens is 1. The molecule has 0 unspecified atom stereocenters. The van der Waals surface area contributed by atoms with Gasteiger partial charge in [0.25, 0.3) is 11.8 Å². The van der Waals surface area contributed by atoms with Crippen molar-refractivity contribution in [2.24, 2.45) is 0 Å². The molecular weight excluding hydrogens is 524 g/mol. The van der Waals surface area contributed by atoms with Crippen LogP contribution in [0.1, 0.15) is 32.6 Å². The van der Waals surface area contributed by atoms with Gasteiger partial charge in [0.05, 0.1) is 30.5 Å². The molecule has 0 aliphatic carbocycles. The predicted molar refractivity (Wildman–Crippen MR) is 145 cm³/mol. The molecule has 4 rings (SSSR count). The van der Waals surface area contributed by atoms with E-state index in [4.69, 9.17) is 21.1 Å². The van der Waals surface area contributed by atoms with E-state index in [0.717, 1.165) is 16.0 Å². The predicted octanol–water partition coefficient (Wildman–Crippen LogP) is 5.00. The Labute approximate surface area is 229 Å². The molecule has 3 aromatic carbocycles. The van der Waals surface area contributed by atoms with Gasteiger partial charge >= 0.3 is 12.0 Å². The number of nitrogens with zero attached hydrogens (tertiary/aromatic N) is 1. The number of carbonyl (C=O) groups is 4. The van der Waals surface area contributed by atoms with Gasteiger partial charge in [-0.2, -0.15) is 0 Å². The third kappa shape index (κ3) is 5.78. The van der Waals surface area contributed by atoms with E-state index in [1.54, 1.807) is 6.07 Å².